The van der Waals surface area contributed by atoms with Gasteiger partial charge in [-0.15, -0.1) is 0 Å². The van der Waals surface area contributed by atoms with Crippen molar-refractivity contribution in [2.45, 2.75) is 34.6 Å². The summed E-state index contributed by atoms with van der Waals surface area (Å²) in [7, 11) is 0. The molecule has 0 saturated carbocycles. The van der Waals surface area contributed by atoms with Gasteiger partial charge in [0.1, 0.15) is 0 Å². The van der Waals surface area contributed by atoms with Gasteiger partial charge in [0.15, 0.2) is 0 Å². The Morgan fingerprint density at radius 1 is 0.933 bits per heavy atom. The van der Waals surface area contributed by atoms with Gasteiger partial charge in [-0.2, -0.15) is 0 Å². The standard InChI is InChI=1S/C15H22/c1-7-9-15(11-13(5)6)14(8-2)10-12(3)4/h7-11H,5H2,1-4,6H3/b9-7-,14-8+,15-11+. The van der Waals surface area contributed by atoms with Gasteiger partial charge >= 0.3 is 0 Å². The molecule has 0 bridgehead atoms. The van der Waals surface area contributed by atoms with E-state index < -0.39 is 0 Å². The van der Waals surface area contributed by atoms with Gasteiger partial charge in [-0.25, -0.2) is 0 Å². The third-order valence-corrected chi connectivity index (χ3v) is 1.84. The SMILES string of the molecule is C=C(C)/C=C(\C=C/C)C(/C=C(C)C)=C/C. The monoisotopic (exact) mass is 202 g/mol. The Balaban J connectivity index is 5.24. The predicted molar refractivity (Wildman–Crippen MR) is 70.9 cm³/mol. The van der Waals surface area contributed by atoms with Gasteiger partial charge in [0.05, 0.1) is 0 Å². The molecule has 0 aliphatic heterocycles. The van der Waals surface area contributed by atoms with Gasteiger partial charge in [0.25, 0.3) is 0 Å². The first-order chi connectivity index (χ1) is 7.01. The molecule has 0 atom stereocenters. The van der Waals surface area contributed by atoms with Gasteiger partial charge in [-0.1, -0.05) is 48.1 Å². The Bertz CT molecular complexity index is 329. The molecule has 0 heterocycles. The lowest BCUT2D eigenvalue weighted by molar-refractivity contribution is 1.34. The zero-order valence-corrected chi connectivity index (χ0v) is 10.6. The summed E-state index contributed by atoms with van der Waals surface area (Å²) in [5.74, 6) is 0. The summed E-state index contributed by atoms with van der Waals surface area (Å²) < 4.78 is 0. The maximum absolute atomic E-state index is 3.91. The van der Waals surface area contributed by atoms with Crippen LogP contribution in [0.25, 0.3) is 0 Å². The van der Waals surface area contributed by atoms with Crippen molar-refractivity contribution in [3.05, 3.63) is 59.3 Å². The highest BCUT2D eigenvalue weighted by Crippen LogP contribution is 2.17. The van der Waals surface area contributed by atoms with Crippen LogP contribution in [0.5, 0.6) is 0 Å². The van der Waals surface area contributed by atoms with E-state index in [1.54, 1.807) is 0 Å². The third-order valence-electron chi connectivity index (χ3n) is 1.84. The normalized spacial score (nSPS) is 13.1. The molecular formula is C15H22. The first-order valence-electron chi connectivity index (χ1n) is 5.32. The molecule has 0 rings (SSSR count). The van der Waals surface area contributed by atoms with Crippen molar-refractivity contribution in [1.29, 1.82) is 0 Å². The molecule has 0 unspecified atom stereocenters. The molecule has 0 aliphatic rings. The van der Waals surface area contributed by atoms with Gasteiger partial charge in [-0.05, 0) is 45.8 Å². The molecule has 0 nitrogen and oxygen atoms in total. The summed E-state index contributed by atoms with van der Waals surface area (Å²) >= 11 is 0. The van der Waals surface area contributed by atoms with Crippen LogP contribution in [0.3, 0.4) is 0 Å². The fourth-order valence-electron chi connectivity index (χ4n) is 1.32. The number of hydrogen-bond donors (Lipinski definition) is 0. The molecule has 0 aromatic rings. The van der Waals surface area contributed by atoms with Crippen molar-refractivity contribution in [2.24, 2.45) is 0 Å². The fraction of sp³-hybridized carbons (Fsp3) is 0.333. The molecule has 15 heavy (non-hydrogen) atoms. The number of rotatable bonds is 4. The number of allylic oxidation sites excluding steroid dienone is 9. The van der Waals surface area contributed by atoms with Crippen molar-refractivity contribution >= 4 is 0 Å². The van der Waals surface area contributed by atoms with Crippen LogP contribution in [-0.2, 0) is 0 Å². The Labute approximate surface area is 94.4 Å². The van der Waals surface area contributed by atoms with Crippen molar-refractivity contribution in [1.82, 2.24) is 0 Å². The summed E-state index contributed by atoms with van der Waals surface area (Å²) in [6.07, 6.45) is 10.6. The van der Waals surface area contributed by atoms with Crippen LogP contribution in [0.15, 0.2) is 59.3 Å². The molecule has 0 saturated heterocycles. The fourth-order valence-corrected chi connectivity index (χ4v) is 1.32. The molecule has 82 valence electrons. The molecule has 0 N–H and O–H groups in total. The summed E-state index contributed by atoms with van der Waals surface area (Å²) in [5, 5.41) is 0. The minimum atomic E-state index is 1.07. The smallest absolute Gasteiger partial charge is 0.0188 e. The largest absolute Gasteiger partial charge is 0.0961 e. The molecule has 0 spiro atoms. The van der Waals surface area contributed by atoms with E-state index in [1.807, 2.05) is 13.8 Å². The van der Waals surface area contributed by atoms with Gasteiger partial charge in [-0.3, -0.25) is 0 Å². The third kappa shape index (κ3) is 5.90. The zero-order chi connectivity index (χ0) is 11.8. The quantitative estimate of drug-likeness (QED) is 0.564. The second kappa shape index (κ2) is 7.05. The number of hydrogen-bond acceptors (Lipinski definition) is 0. The molecule has 0 aromatic carbocycles. The highest BCUT2D eigenvalue weighted by molar-refractivity contribution is 5.49. The van der Waals surface area contributed by atoms with E-state index in [4.69, 9.17) is 0 Å². The average Bonchev–Trinajstić information content (AvgIpc) is 2.12. The van der Waals surface area contributed by atoms with Crippen LogP contribution in [0.2, 0.25) is 0 Å². The summed E-state index contributed by atoms with van der Waals surface area (Å²) in [4.78, 5) is 0. The van der Waals surface area contributed by atoms with Crippen molar-refractivity contribution in [3.63, 3.8) is 0 Å². The van der Waals surface area contributed by atoms with E-state index in [0.717, 1.165) is 5.57 Å². The van der Waals surface area contributed by atoms with E-state index in [2.05, 4.69) is 57.7 Å². The van der Waals surface area contributed by atoms with E-state index in [1.165, 1.54) is 16.7 Å². The second-order valence-corrected chi connectivity index (χ2v) is 3.91. The molecule has 0 fully saturated rings. The predicted octanol–water partition coefficient (Wildman–Crippen LogP) is 4.98. The Morgan fingerprint density at radius 2 is 1.53 bits per heavy atom. The van der Waals surface area contributed by atoms with Crippen molar-refractivity contribution < 1.29 is 0 Å². The first kappa shape index (κ1) is 13.7. The van der Waals surface area contributed by atoms with Gasteiger partial charge < -0.3 is 0 Å². The Morgan fingerprint density at radius 3 is 1.87 bits per heavy atom. The van der Waals surface area contributed by atoms with E-state index in [-0.39, 0.29) is 0 Å². The van der Waals surface area contributed by atoms with Crippen LogP contribution in [0.1, 0.15) is 34.6 Å². The maximum Gasteiger partial charge on any atom is -0.0188 e. The molecule has 0 aromatic heterocycles. The lowest BCUT2D eigenvalue weighted by Crippen LogP contribution is -1.85. The van der Waals surface area contributed by atoms with Crippen molar-refractivity contribution in [2.75, 3.05) is 0 Å². The van der Waals surface area contributed by atoms with Crippen LogP contribution < -0.4 is 0 Å². The van der Waals surface area contributed by atoms with Crippen molar-refractivity contribution in [3.8, 4) is 0 Å². The van der Waals surface area contributed by atoms with Gasteiger partial charge in [0.2, 0.25) is 0 Å². The lowest BCUT2D eigenvalue weighted by Gasteiger charge is -2.04. The zero-order valence-electron chi connectivity index (χ0n) is 10.6. The second-order valence-electron chi connectivity index (χ2n) is 3.91. The van der Waals surface area contributed by atoms with E-state index >= 15 is 0 Å². The molecule has 0 radical (unpaired) electrons. The van der Waals surface area contributed by atoms with Crippen LogP contribution >= 0.6 is 0 Å². The van der Waals surface area contributed by atoms with Crippen LogP contribution in [0, 0.1) is 0 Å². The minimum absolute atomic E-state index is 1.07. The molecular weight excluding hydrogens is 180 g/mol. The summed E-state index contributed by atoms with van der Waals surface area (Å²) in [6, 6.07) is 0. The van der Waals surface area contributed by atoms with Crippen LogP contribution in [-0.4, -0.2) is 0 Å². The average molecular weight is 202 g/mol. The summed E-state index contributed by atoms with van der Waals surface area (Å²) in [5.41, 5.74) is 4.84. The molecule has 0 aliphatic carbocycles. The Hall–Kier alpha value is -1.30. The van der Waals surface area contributed by atoms with Gasteiger partial charge in [0, 0.05) is 0 Å². The lowest BCUT2D eigenvalue weighted by atomic mass is 10.0. The Kier molecular flexibility index (Phi) is 6.44. The van der Waals surface area contributed by atoms with Crippen LogP contribution in [0.4, 0.5) is 0 Å². The summed E-state index contributed by atoms with van der Waals surface area (Å²) in [6.45, 7) is 14.2. The maximum atomic E-state index is 3.91. The highest BCUT2D eigenvalue weighted by atomic mass is 14.0. The molecule has 0 amide bonds. The van der Waals surface area contributed by atoms with E-state index in [0.29, 0.717) is 0 Å². The van der Waals surface area contributed by atoms with E-state index in [9.17, 15) is 0 Å². The topological polar surface area (TPSA) is 0 Å². The highest BCUT2D eigenvalue weighted by Gasteiger charge is 1.97. The minimum Gasteiger partial charge on any atom is -0.0961 e. The molecule has 0 heteroatoms. The first-order valence-corrected chi connectivity index (χ1v) is 5.32.